The molecule has 37 heavy (non-hydrogen) atoms. The summed E-state index contributed by atoms with van der Waals surface area (Å²) in [6.45, 7) is 3.07. The van der Waals surface area contributed by atoms with E-state index in [0.717, 1.165) is 9.87 Å². The zero-order chi connectivity index (χ0) is 27.6. The lowest BCUT2D eigenvalue weighted by atomic mass is 9.83. The van der Waals surface area contributed by atoms with Gasteiger partial charge in [-0.1, -0.05) is 44.2 Å². The molecule has 10 nitrogen and oxygen atoms in total. The Balaban J connectivity index is 2.30. The highest BCUT2D eigenvalue weighted by molar-refractivity contribution is 7.89. The second-order valence-electron chi connectivity index (χ2n) is 9.36. The van der Waals surface area contributed by atoms with E-state index in [1.54, 1.807) is 5.48 Å². The zero-order valence-electron chi connectivity index (χ0n) is 21.6. The van der Waals surface area contributed by atoms with Crippen LogP contribution < -0.4 is 15.5 Å². The molecule has 2 aromatic carbocycles. The van der Waals surface area contributed by atoms with E-state index >= 15 is 0 Å². The maximum absolute atomic E-state index is 13.4. The van der Waals surface area contributed by atoms with Crippen LogP contribution in [0.3, 0.4) is 0 Å². The highest BCUT2D eigenvalue weighted by atomic mass is 32.2. The number of nitrogens with zero attached hydrogens (tertiary/aromatic N) is 1. The molecule has 2 aromatic rings. The first-order valence-corrected chi connectivity index (χ1v) is 13.5. The van der Waals surface area contributed by atoms with Gasteiger partial charge in [-0.05, 0) is 48.6 Å². The van der Waals surface area contributed by atoms with E-state index < -0.39 is 39.7 Å². The van der Waals surface area contributed by atoms with Gasteiger partial charge in [0.2, 0.25) is 21.8 Å². The predicted octanol–water partition coefficient (Wildman–Crippen LogP) is 1.82. The second-order valence-corrected chi connectivity index (χ2v) is 11.4. The maximum Gasteiger partial charge on any atom is 0.248 e. The van der Waals surface area contributed by atoms with E-state index in [1.807, 2.05) is 44.2 Å². The highest BCUT2D eigenvalue weighted by Crippen LogP contribution is 2.26. The number of carbonyl (C=O) groups is 2. The lowest BCUT2D eigenvalue weighted by Gasteiger charge is -2.30. The van der Waals surface area contributed by atoms with Crippen LogP contribution in [0, 0.1) is 17.8 Å². The van der Waals surface area contributed by atoms with E-state index in [4.69, 9.17) is 4.74 Å². The van der Waals surface area contributed by atoms with Crippen molar-refractivity contribution in [1.29, 1.82) is 0 Å². The van der Waals surface area contributed by atoms with E-state index in [0.29, 0.717) is 12.2 Å². The molecule has 0 saturated carbocycles. The molecule has 0 aliphatic carbocycles. The molecule has 2 rings (SSSR count). The lowest BCUT2D eigenvalue weighted by Crippen LogP contribution is -2.50. The van der Waals surface area contributed by atoms with Crippen LogP contribution in [0.4, 0.5) is 0 Å². The molecule has 4 N–H and O–H groups in total. The van der Waals surface area contributed by atoms with Gasteiger partial charge >= 0.3 is 0 Å². The minimum atomic E-state index is -4.01. The molecule has 204 valence electrons. The minimum Gasteiger partial charge on any atom is -0.497 e. The van der Waals surface area contributed by atoms with Crippen molar-refractivity contribution in [2.24, 2.45) is 17.8 Å². The van der Waals surface area contributed by atoms with Gasteiger partial charge in [-0.2, -0.15) is 0 Å². The summed E-state index contributed by atoms with van der Waals surface area (Å²) in [6, 6.07) is 14.5. The van der Waals surface area contributed by atoms with Gasteiger partial charge in [0.05, 0.1) is 36.5 Å². The number of benzene rings is 2. The number of nitrogens with one attached hydrogen (secondary N) is 2. The third-order valence-corrected chi connectivity index (χ3v) is 7.95. The van der Waals surface area contributed by atoms with Crippen molar-refractivity contribution in [3.63, 3.8) is 0 Å². The Bertz CT molecular complexity index is 1110. The molecule has 0 aliphatic rings. The summed E-state index contributed by atoms with van der Waals surface area (Å²) in [6.07, 6.45) is 0.629. The van der Waals surface area contributed by atoms with Crippen LogP contribution in [0.25, 0.3) is 0 Å². The number of carbonyl (C=O) groups excluding carboxylic acids is 2. The number of methoxy groups -OCH3 is 1. The normalized spacial score (nSPS) is 14.2. The monoisotopic (exact) mass is 535 g/mol. The first-order valence-electron chi connectivity index (χ1n) is 12.0. The first kappa shape index (κ1) is 30.2. The quantitative estimate of drug-likeness (QED) is 0.213. The molecule has 0 radical (unpaired) electrons. The highest BCUT2D eigenvalue weighted by Gasteiger charge is 2.38. The number of amides is 2. The number of hydrogen-bond donors (Lipinski definition) is 4. The largest absolute Gasteiger partial charge is 0.497 e. The average Bonchev–Trinajstić information content (AvgIpc) is 2.89. The van der Waals surface area contributed by atoms with Crippen LogP contribution in [-0.2, 0) is 26.0 Å². The van der Waals surface area contributed by atoms with Gasteiger partial charge < -0.3 is 15.2 Å². The molecule has 0 aliphatic heterocycles. The molecule has 3 unspecified atom stereocenters. The number of sulfonamides is 1. The Morgan fingerprint density at radius 3 is 2.14 bits per heavy atom. The van der Waals surface area contributed by atoms with E-state index in [2.05, 4.69) is 5.32 Å². The fourth-order valence-electron chi connectivity index (χ4n) is 4.11. The first-order chi connectivity index (χ1) is 17.5. The minimum absolute atomic E-state index is 0.00739. The Labute approximate surface area is 218 Å². The Morgan fingerprint density at radius 1 is 1.00 bits per heavy atom. The Hall–Kier alpha value is -2.99. The summed E-state index contributed by atoms with van der Waals surface area (Å²) in [5.41, 5.74) is 2.50. The molecule has 3 atom stereocenters. The van der Waals surface area contributed by atoms with Gasteiger partial charge in [0.1, 0.15) is 5.75 Å². The molecule has 0 bridgehead atoms. The fourth-order valence-corrected chi connectivity index (χ4v) is 5.31. The molecule has 0 aromatic heterocycles. The fraction of sp³-hybridized carbons (Fsp3) is 0.462. The molecule has 11 heteroatoms. The van der Waals surface area contributed by atoms with E-state index in [9.17, 15) is 28.3 Å². The van der Waals surface area contributed by atoms with E-state index in [-0.39, 0.29) is 30.4 Å². The van der Waals surface area contributed by atoms with Gasteiger partial charge in [-0.3, -0.25) is 14.8 Å². The van der Waals surface area contributed by atoms with Crippen LogP contribution >= 0.6 is 0 Å². The van der Waals surface area contributed by atoms with Crippen LogP contribution in [0.2, 0.25) is 0 Å². The van der Waals surface area contributed by atoms with Gasteiger partial charge in [0.15, 0.2) is 0 Å². The number of aliphatic hydroxyl groups excluding tert-OH is 1. The summed E-state index contributed by atoms with van der Waals surface area (Å²) in [5, 5.41) is 22.1. The van der Waals surface area contributed by atoms with Gasteiger partial charge in [-0.25, -0.2) is 18.2 Å². The Kier molecular flexibility index (Phi) is 11.5. The summed E-state index contributed by atoms with van der Waals surface area (Å²) < 4.78 is 32.4. The van der Waals surface area contributed by atoms with Gasteiger partial charge in [0, 0.05) is 13.6 Å². The SMILES string of the molecule is COc1ccc(S(=O)(=O)N(C)CC(C(=O)NO)C(CC(C)C)C(=O)NC(CO)Cc2ccccc2)cc1. The molecule has 0 saturated heterocycles. The van der Waals surface area contributed by atoms with Crippen molar-refractivity contribution in [3.05, 3.63) is 60.2 Å². The zero-order valence-corrected chi connectivity index (χ0v) is 22.4. The molecular formula is C26H37N3O7S. The third-order valence-electron chi connectivity index (χ3n) is 6.11. The molecule has 2 amide bonds. The number of aliphatic hydroxyl groups is 1. The van der Waals surface area contributed by atoms with Crippen molar-refractivity contribution in [1.82, 2.24) is 15.1 Å². The molecule has 0 spiro atoms. The summed E-state index contributed by atoms with van der Waals surface area (Å²) in [5.74, 6) is -3.07. The predicted molar refractivity (Wildman–Crippen MR) is 138 cm³/mol. The Morgan fingerprint density at radius 2 is 1.62 bits per heavy atom. The smallest absolute Gasteiger partial charge is 0.248 e. The molecule has 0 heterocycles. The van der Waals surface area contributed by atoms with Gasteiger partial charge in [0.25, 0.3) is 0 Å². The third kappa shape index (κ3) is 8.53. The second kappa shape index (κ2) is 14.1. The number of hydrogen-bond acceptors (Lipinski definition) is 7. The van der Waals surface area contributed by atoms with Crippen molar-refractivity contribution in [2.75, 3.05) is 27.3 Å². The van der Waals surface area contributed by atoms with Crippen LogP contribution in [-0.4, -0.2) is 68.2 Å². The number of rotatable bonds is 14. The lowest BCUT2D eigenvalue weighted by molar-refractivity contribution is -0.141. The van der Waals surface area contributed by atoms with Crippen LogP contribution in [0.15, 0.2) is 59.5 Å². The van der Waals surface area contributed by atoms with Crippen molar-refractivity contribution in [2.45, 2.75) is 37.6 Å². The van der Waals surface area contributed by atoms with Crippen LogP contribution in [0.5, 0.6) is 5.75 Å². The topological polar surface area (TPSA) is 145 Å². The average molecular weight is 536 g/mol. The summed E-state index contributed by atoms with van der Waals surface area (Å²) in [7, 11) is -1.23. The number of ether oxygens (including phenoxy) is 1. The summed E-state index contributed by atoms with van der Waals surface area (Å²) in [4.78, 5) is 26.1. The maximum atomic E-state index is 13.4. The molecule has 0 fully saturated rings. The standard InChI is InChI=1S/C26H37N3O7S/c1-18(2)14-23(25(31)27-20(17-30)15-19-8-6-5-7-9-19)24(26(32)28-33)16-29(3)37(34,35)22-12-10-21(36-4)11-13-22/h5-13,18,20,23-24,30,33H,14-17H2,1-4H3,(H,27,31)(H,28,32). The van der Waals surface area contributed by atoms with Crippen molar-refractivity contribution in [3.8, 4) is 5.75 Å². The molecular weight excluding hydrogens is 498 g/mol. The summed E-state index contributed by atoms with van der Waals surface area (Å²) >= 11 is 0. The van der Waals surface area contributed by atoms with Crippen LogP contribution in [0.1, 0.15) is 25.8 Å². The van der Waals surface area contributed by atoms with E-state index in [1.165, 1.54) is 38.4 Å². The van der Waals surface area contributed by atoms with Crippen molar-refractivity contribution < 1.29 is 33.1 Å². The van der Waals surface area contributed by atoms with Crippen molar-refractivity contribution >= 4 is 21.8 Å². The van der Waals surface area contributed by atoms with Gasteiger partial charge in [-0.15, -0.1) is 0 Å². The number of hydroxylamine groups is 1.